The van der Waals surface area contributed by atoms with Crippen molar-refractivity contribution < 1.29 is 0 Å². The number of hydrogen-bond donors (Lipinski definition) is 6. The first-order valence-corrected chi connectivity index (χ1v) is 12.6. The summed E-state index contributed by atoms with van der Waals surface area (Å²) in [7, 11) is 2.02. The van der Waals surface area contributed by atoms with Gasteiger partial charge in [-0.05, 0) is 57.6 Å². The molecule has 2 aromatic heterocycles. The Bertz CT molecular complexity index is 802. The van der Waals surface area contributed by atoms with Gasteiger partial charge >= 0.3 is 0 Å². The molecule has 3 unspecified atom stereocenters. The Kier molecular flexibility index (Phi) is 9.49. The Morgan fingerprint density at radius 1 is 0.971 bits per heavy atom. The summed E-state index contributed by atoms with van der Waals surface area (Å²) in [6.45, 7) is 13.3. The number of hydrazine groups is 2. The van der Waals surface area contributed by atoms with E-state index >= 15 is 0 Å². The van der Waals surface area contributed by atoms with E-state index in [1.54, 1.807) is 0 Å². The Hall–Kier alpha value is -1.98. The molecule has 9 nitrogen and oxygen atoms in total. The molecule has 1 aliphatic carbocycles. The molecule has 34 heavy (non-hydrogen) atoms. The average molecular weight is 470 g/mol. The molecule has 1 saturated carbocycles. The van der Waals surface area contributed by atoms with Crippen LogP contribution in [-0.4, -0.2) is 59.1 Å². The number of likely N-dealkylation sites (N-methyl/N-ethyl adjacent to an activating group) is 2. The molecule has 1 aliphatic rings. The van der Waals surface area contributed by atoms with E-state index in [-0.39, 0.29) is 18.1 Å². The molecule has 0 bridgehead atoms. The van der Waals surface area contributed by atoms with Gasteiger partial charge in [0.15, 0.2) is 5.66 Å². The van der Waals surface area contributed by atoms with E-state index in [0.29, 0.717) is 0 Å². The third kappa shape index (κ3) is 5.16. The standard InChI is InChI=1S/C25H43N9/c1-7-15-31-34(30-9-3)25(26-6)23(28-8-2)24(25,32-19(4)21-13-12-16-27-18-21)33-20(5)22-14-10-11-17-29-22/h10-14,16-20,23,26,28,30-33H,7-9,15H2,1-6H3/t19-,20?,23?,24?,25-/m0/s1. The third-order valence-corrected chi connectivity index (χ3v) is 6.55. The van der Waals surface area contributed by atoms with E-state index < -0.39 is 11.3 Å². The summed E-state index contributed by atoms with van der Waals surface area (Å²) in [5.41, 5.74) is 8.25. The predicted octanol–water partition coefficient (Wildman–Crippen LogP) is 1.82. The van der Waals surface area contributed by atoms with E-state index in [1.807, 2.05) is 43.8 Å². The average Bonchev–Trinajstić information content (AvgIpc) is 3.41. The fourth-order valence-corrected chi connectivity index (χ4v) is 4.94. The zero-order chi connectivity index (χ0) is 24.6. The lowest BCUT2D eigenvalue weighted by molar-refractivity contribution is -0.000493. The fourth-order valence-electron chi connectivity index (χ4n) is 4.94. The lowest BCUT2D eigenvalue weighted by atomic mass is 10.1. The van der Waals surface area contributed by atoms with Crippen LogP contribution < -0.4 is 32.1 Å². The summed E-state index contributed by atoms with van der Waals surface area (Å²) in [6.07, 6.45) is 6.61. The minimum Gasteiger partial charge on any atom is -0.308 e. The molecule has 0 radical (unpaired) electrons. The molecule has 5 atom stereocenters. The van der Waals surface area contributed by atoms with Gasteiger partial charge in [0.05, 0.1) is 11.7 Å². The second kappa shape index (κ2) is 12.1. The van der Waals surface area contributed by atoms with E-state index in [9.17, 15) is 0 Å². The number of aromatic nitrogens is 2. The van der Waals surface area contributed by atoms with Gasteiger partial charge in [0.2, 0.25) is 0 Å². The number of nitrogens with one attached hydrogen (secondary N) is 6. The zero-order valence-electron chi connectivity index (χ0n) is 21.5. The Balaban J connectivity index is 2.04. The second-order valence-electron chi connectivity index (χ2n) is 8.84. The van der Waals surface area contributed by atoms with Gasteiger partial charge in [-0.1, -0.05) is 32.9 Å². The normalized spacial score (nSPS) is 25.9. The molecule has 1 fully saturated rings. The number of rotatable bonds is 15. The van der Waals surface area contributed by atoms with Crippen molar-refractivity contribution in [2.45, 2.75) is 70.5 Å². The molecular formula is C25H43N9. The lowest BCUT2D eigenvalue weighted by Gasteiger charge is -2.38. The topological polar surface area (TPSA) is 101 Å². The SMILES string of the molecule is CCCNN(NCC)[C@@]1(NC)C(NCC)C1(NC(C)c1ccccn1)N[C@@H](C)c1cccnc1. The molecule has 6 N–H and O–H groups in total. The van der Waals surface area contributed by atoms with Gasteiger partial charge in [-0.25, -0.2) is 10.9 Å². The van der Waals surface area contributed by atoms with Crippen LogP contribution in [0.25, 0.3) is 0 Å². The van der Waals surface area contributed by atoms with Crippen molar-refractivity contribution in [3.8, 4) is 0 Å². The molecule has 0 spiro atoms. The molecule has 0 amide bonds. The van der Waals surface area contributed by atoms with Gasteiger partial charge in [-0.3, -0.25) is 25.9 Å². The Labute approximate surface area is 204 Å². The van der Waals surface area contributed by atoms with Crippen molar-refractivity contribution in [1.29, 1.82) is 0 Å². The highest BCUT2D eigenvalue weighted by Crippen LogP contribution is 2.49. The highest BCUT2D eigenvalue weighted by Gasteiger charge is 2.80. The summed E-state index contributed by atoms with van der Waals surface area (Å²) in [6, 6.07) is 10.3. The number of nitrogens with zero attached hydrogens (tertiary/aromatic N) is 3. The third-order valence-electron chi connectivity index (χ3n) is 6.55. The summed E-state index contributed by atoms with van der Waals surface area (Å²) in [5, 5.41) is 17.4. The smallest absolute Gasteiger partial charge is 0.152 e. The van der Waals surface area contributed by atoms with Crippen molar-refractivity contribution >= 4 is 0 Å². The minimum absolute atomic E-state index is 0.0147. The van der Waals surface area contributed by atoms with Gasteiger partial charge < -0.3 is 5.32 Å². The number of pyridine rings is 2. The quantitative estimate of drug-likeness (QED) is 0.172. The monoisotopic (exact) mass is 469 g/mol. The molecule has 9 heteroatoms. The Morgan fingerprint density at radius 3 is 2.35 bits per heavy atom. The maximum atomic E-state index is 4.62. The van der Waals surface area contributed by atoms with Crippen LogP contribution in [0.15, 0.2) is 48.9 Å². The van der Waals surface area contributed by atoms with Crippen LogP contribution in [0.3, 0.4) is 0 Å². The Morgan fingerprint density at radius 2 is 1.76 bits per heavy atom. The first-order chi connectivity index (χ1) is 16.5. The first-order valence-electron chi connectivity index (χ1n) is 12.6. The van der Waals surface area contributed by atoms with Crippen molar-refractivity contribution in [3.05, 3.63) is 60.2 Å². The lowest BCUT2D eigenvalue weighted by Crippen LogP contribution is -2.69. The van der Waals surface area contributed by atoms with Crippen molar-refractivity contribution in [1.82, 2.24) is 47.2 Å². The van der Waals surface area contributed by atoms with Gasteiger partial charge in [0.25, 0.3) is 0 Å². The highest BCUT2D eigenvalue weighted by molar-refractivity contribution is 5.38. The van der Waals surface area contributed by atoms with Crippen molar-refractivity contribution in [3.63, 3.8) is 0 Å². The summed E-state index contributed by atoms with van der Waals surface area (Å²) in [4.78, 5) is 8.96. The van der Waals surface area contributed by atoms with Crippen LogP contribution in [0.4, 0.5) is 0 Å². The van der Waals surface area contributed by atoms with Gasteiger partial charge in [-0.2, -0.15) is 5.12 Å². The van der Waals surface area contributed by atoms with Crippen LogP contribution in [0.5, 0.6) is 0 Å². The minimum atomic E-state index is -0.535. The largest absolute Gasteiger partial charge is 0.308 e. The molecule has 0 saturated heterocycles. The molecule has 2 aromatic rings. The molecule has 0 aromatic carbocycles. The highest BCUT2D eigenvalue weighted by atomic mass is 15.8. The molecule has 2 heterocycles. The van der Waals surface area contributed by atoms with Crippen LogP contribution in [0.2, 0.25) is 0 Å². The molecule has 188 valence electrons. The van der Waals surface area contributed by atoms with Crippen LogP contribution >= 0.6 is 0 Å². The summed E-state index contributed by atoms with van der Waals surface area (Å²) < 4.78 is 0. The molecule has 3 rings (SSSR count). The maximum absolute atomic E-state index is 4.62. The predicted molar refractivity (Wildman–Crippen MR) is 137 cm³/mol. The van der Waals surface area contributed by atoms with Crippen LogP contribution in [0, 0.1) is 0 Å². The number of hydrogen-bond acceptors (Lipinski definition) is 9. The fraction of sp³-hybridized carbons (Fsp3) is 0.600. The van der Waals surface area contributed by atoms with E-state index in [0.717, 1.165) is 37.3 Å². The van der Waals surface area contributed by atoms with Crippen molar-refractivity contribution in [2.75, 3.05) is 26.7 Å². The van der Waals surface area contributed by atoms with Crippen LogP contribution in [0.1, 0.15) is 64.4 Å². The van der Waals surface area contributed by atoms with E-state index in [1.165, 1.54) is 0 Å². The second-order valence-corrected chi connectivity index (χ2v) is 8.84. The maximum Gasteiger partial charge on any atom is 0.152 e. The van der Waals surface area contributed by atoms with E-state index in [2.05, 4.69) is 94.0 Å². The first kappa shape index (κ1) is 26.6. The van der Waals surface area contributed by atoms with E-state index in [4.69, 9.17) is 0 Å². The van der Waals surface area contributed by atoms with Gasteiger partial charge in [0, 0.05) is 43.8 Å². The van der Waals surface area contributed by atoms with Gasteiger partial charge in [0.1, 0.15) is 5.66 Å². The summed E-state index contributed by atoms with van der Waals surface area (Å²) >= 11 is 0. The summed E-state index contributed by atoms with van der Waals surface area (Å²) in [5.74, 6) is 0. The van der Waals surface area contributed by atoms with Crippen LogP contribution in [-0.2, 0) is 0 Å². The molecular weight excluding hydrogens is 426 g/mol. The molecule has 0 aliphatic heterocycles. The zero-order valence-corrected chi connectivity index (χ0v) is 21.5. The van der Waals surface area contributed by atoms with Crippen molar-refractivity contribution in [2.24, 2.45) is 0 Å². The van der Waals surface area contributed by atoms with Gasteiger partial charge in [-0.15, -0.1) is 0 Å².